The van der Waals surface area contributed by atoms with Gasteiger partial charge in [0.2, 0.25) is 35.4 Å². The molecule has 4 saturated heterocycles. The molecule has 15 nitrogen and oxygen atoms in total. The van der Waals surface area contributed by atoms with Crippen LogP contribution < -0.4 is 27.0 Å². The number of benzene rings is 2. The first-order valence-corrected chi connectivity index (χ1v) is 26.6. The van der Waals surface area contributed by atoms with E-state index in [9.17, 15) is 28.8 Å². The normalized spacial score (nSPS) is 25.6. The van der Waals surface area contributed by atoms with Gasteiger partial charge in [0.1, 0.15) is 18.1 Å². The van der Waals surface area contributed by atoms with Gasteiger partial charge < -0.3 is 46.3 Å². The molecule has 0 aliphatic carbocycles. The molecule has 4 aliphatic rings. The minimum Gasteiger partial charge on any atom is -0.379 e. The zero-order chi connectivity index (χ0) is 49.0. The molecule has 4 aliphatic heterocycles. The largest absolute Gasteiger partial charge is 0.379 e. The Labute approximate surface area is 411 Å². The smallest absolute Gasteiger partial charge is 0.246 e. The number of thioether (sulfide) groups is 2. The van der Waals surface area contributed by atoms with Gasteiger partial charge in [0, 0.05) is 25.6 Å². The molecule has 6 amide bonds. The topological polar surface area (TPSA) is 202 Å². The second-order valence-corrected chi connectivity index (χ2v) is 22.9. The Hall–Kier alpha value is -4.16. The summed E-state index contributed by atoms with van der Waals surface area (Å²) < 4.78 is 12.4. The fourth-order valence-corrected chi connectivity index (χ4v) is 13.6. The Morgan fingerprint density at radius 3 is 1.79 bits per heavy atom. The van der Waals surface area contributed by atoms with E-state index in [-0.39, 0.29) is 84.2 Å². The summed E-state index contributed by atoms with van der Waals surface area (Å²) in [4.78, 5) is 84.2. The van der Waals surface area contributed by atoms with Crippen molar-refractivity contribution in [3.63, 3.8) is 0 Å². The van der Waals surface area contributed by atoms with Crippen LogP contribution in [0.1, 0.15) is 116 Å². The Morgan fingerprint density at radius 2 is 1.28 bits per heavy atom. The average molecular weight is 978 g/mol. The molecule has 2 unspecified atom stereocenters. The first-order valence-electron chi connectivity index (χ1n) is 24.5. The zero-order valence-electron chi connectivity index (χ0n) is 40.8. The minimum absolute atomic E-state index is 0.0236. The Kier molecular flexibility index (Phi) is 19.2. The third kappa shape index (κ3) is 13.8. The van der Waals surface area contributed by atoms with Crippen LogP contribution in [0.15, 0.2) is 60.7 Å². The molecule has 374 valence electrons. The van der Waals surface area contributed by atoms with Crippen LogP contribution in [0, 0.1) is 22.7 Å². The number of unbranched alkanes of at least 4 members (excludes halogenated alkanes) is 3. The first-order chi connectivity index (χ1) is 32.5. The first kappa shape index (κ1) is 53.2. The van der Waals surface area contributed by atoms with Crippen molar-refractivity contribution < 1.29 is 38.2 Å². The fraction of sp³-hybridized carbons (Fsp3) is 0.647. The lowest BCUT2D eigenvalue weighted by atomic mass is 9.83. The molecular formula is C51H75N7O8S2. The van der Waals surface area contributed by atoms with E-state index < -0.39 is 41.0 Å². The summed E-state index contributed by atoms with van der Waals surface area (Å²) in [6.07, 6.45) is 6.22. The molecule has 0 bridgehead atoms. The quantitative estimate of drug-likeness (QED) is 0.0905. The maximum atomic E-state index is 14.3. The number of primary amides is 1. The van der Waals surface area contributed by atoms with Gasteiger partial charge in [0.15, 0.2) is 0 Å². The molecule has 0 saturated carbocycles. The summed E-state index contributed by atoms with van der Waals surface area (Å²) >= 11 is 3.37. The van der Waals surface area contributed by atoms with E-state index in [0.717, 1.165) is 42.6 Å². The van der Waals surface area contributed by atoms with E-state index in [1.54, 1.807) is 47.3 Å². The Bertz CT molecular complexity index is 2030. The van der Waals surface area contributed by atoms with Crippen LogP contribution >= 0.6 is 23.5 Å². The number of carbonyl (C=O) groups is 6. The SMILES string of the molecule is CNCC(=O)N[C@H]1CCS[C@H]2CC(C)(C)C(C(=O)N[C@H](COCCCCCCOC[C@@H](NC(=O)[C@H]3N4C(=O)CC(C[C@H](C)C(N)=O)CS[C@H]4CC3(C)C)c3ccccc3)c3ccccc3)N2C1=O. The molecule has 2 aromatic carbocycles. The second-order valence-electron chi connectivity index (χ2n) is 20.4. The number of likely N-dealkylation sites (N-methyl/N-ethyl adjacent to an activating group) is 1. The molecule has 9 atom stereocenters. The molecule has 68 heavy (non-hydrogen) atoms. The summed E-state index contributed by atoms with van der Waals surface area (Å²) in [5, 5.41) is 12.0. The number of rotatable bonds is 23. The van der Waals surface area contributed by atoms with Crippen LogP contribution in [0.2, 0.25) is 0 Å². The number of hydrogen-bond acceptors (Lipinski definition) is 11. The van der Waals surface area contributed by atoms with Crippen molar-refractivity contribution >= 4 is 59.0 Å². The number of nitrogens with zero attached hydrogens (tertiary/aromatic N) is 2. The zero-order valence-corrected chi connectivity index (χ0v) is 42.5. The molecular weight excluding hydrogens is 903 g/mol. The van der Waals surface area contributed by atoms with Crippen molar-refractivity contribution in [3.05, 3.63) is 71.8 Å². The van der Waals surface area contributed by atoms with Crippen LogP contribution in [0.4, 0.5) is 0 Å². The predicted octanol–water partition coefficient (Wildman–Crippen LogP) is 5.31. The molecule has 6 N–H and O–H groups in total. The Balaban J connectivity index is 0.965. The summed E-state index contributed by atoms with van der Waals surface area (Å²) in [6.45, 7) is 11.7. The highest BCUT2D eigenvalue weighted by Crippen LogP contribution is 2.48. The molecule has 0 aromatic heterocycles. The maximum absolute atomic E-state index is 14.3. The van der Waals surface area contributed by atoms with Crippen LogP contribution in [-0.4, -0.2) is 126 Å². The van der Waals surface area contributed by atoms with Crippen LogP contribution in [0.25, 0.3) is 0 Å². The Morgan fingerprint density at radius 1 is 0.765 bits per heavy atom. The van der Waals surface area contributed by atoms with Crippen molar-refractivity contribution in [3.8, 4) is 0 Å². The molecule has 6 rings (SSSR count). The van der Waals surface area contributed by atoms with Gasteiger partial charge >= 0.3 is 0 Å². The van der Waals surface area contributed by atoms with Gasteiger partial charge in [-0.05, 0) is 85.0 Å². The number of nitrogens with one attached hydrogen (secondary N) is 4. The number of carbonyl (C=O) groups excluding carboxylic acids is 6. The van der Waals surface area contributed by atoms with E-state index >= 15 is 0 Å². The third-order valence-electron chi connectivity index (χ3n) is 13.9. The van der Waals surface area contributed by atoms with Gasteiger partial charge in [0.25, 0.3) is 0 Å². The van der Waals surface area contributed by atoms with Crippen molar-refractivity contribution in [1.29, 1.82) is 0 Å². The van der Waals surface area contributed by atoms with Crippen LogP contribution in [0.5, 0.6) is 0 Å². The van der Waals surface area contributed by atoms with E-state index in [0.29, 0.717) is 44.6 Å². The number of hydrogen-bond donors (Lipinski definition) is 5. The summed E-state index contributed by atoms with van der Waals surface area (Å²) in [5.74, 6) is -0.146. The number of nitrogens with two attached hydrogens (primary N) is 1. The molecule has 17 heteroatoms. The van der Waals surface area contributed by atoms with E-state index in [1.165, 1.54) is 0 Å². The average Bonchev–Trinajstić information content (AvgIpc) is 3.62. The molecule has 0 radical (unpaired) electrons. The lowest BCUT2D eigenvalue weighted by molar-refractivity contribution is -0.144. The van der Waals surface area contributed by atoms with Crippen molar-refractivity contribution in [2.24, 2.45) is 28.4 Å². The van der Waals surface area contributed by atoms with E-state index in [4.69, 9.17) is 15.2 Å². The highest BCUT2D eigenvalue weighted by Gasteiger charge is 2.55. The molecule has 2 aromatic rings. The number of amides is 6. The van der Waals surface area contributed by atoms with Gasteiger partial charge in [-0.25, -0.2) is 0 Å². The van der Waals surface area contributed by atoms with Gasteiger partial charge in [0.05, 0.1) is 42.6 Å². The van der Waals surface area contributed by atoms with E-state index in [2.05, 4.69) is 35.1 Å². The van der Waals surface area contributed by atoms with Crippen molar-refractivity contribution in [2.45, 2.75) is 133 Å². The van der Waals surface area contributed by atoms with Crippen LogP contribution in [-0.2, 0) is 38.2 Å². The number of ether oxygens (including phenoxy) is 2. The van der Waals surface area contributed by atoms with Gasteiger partial charge in [-0.1, -0.05) is 108 Å². The number of fused-ring (bicyclic) bond motifs is 2. The lowest BCUT2D eigenvalue weighted by Gasteiger charge is -2.35. The summed E-state index contributed by atoms with van der Waals surface area (Å²) in [5.41, 5.74) is 6.47. The van der Waals surface area contributed by atoms with Crippen molar-refractivity contribution in [1.82, 2.24) is 31.1 Å². The van der Waals surface area contributed by atoms with Gasteiger partial charge in [-0.3, -0.25) is 28.8 Å². The van der Waals surface area contributed by atoms with E-state index in [1.807, 2.05) is 74.5 Å². The molecule has 0 spiro atoms. The lowest BCUT2D eigenvalue weighted by Crippen LogP contribution is -2.57. The maximum Gasteiger partial charge on any atom is 0.246 e. The molecule has 4 fully saturated rings. The minimum atomic E-state index is -0.710. The predicted molar refractivity (Wildman–Crippen MR) is 267 cm³/mol. The van der Waals surface area contributed by atoms with Crippen LogP contribution in [0.3, 0.4) is 0 Å². The third-order valence-corrected chi connectivity index (χ3v) is 16.6. The monoisotopic (exact) mass is 978 g/mol. The van der Waals surface area contributed by atoms with Gasteiger partial charge in [-0.15, -0.1) is 23.5 Å². The summed E-state index contributed by atoms with van der Waals surface area (Å²) in [7, 11) is 1.68. The highest BCUT2D eigenvalue weighted by molar-refractivity contribution is 8.00. The van der Waals surface area contributed by atoms with Crippen molar-refractivity contribution in [2.75, 3.05) is 51.5 Å². The molecule has 4 heterocycles. The summed E-state index contributed by atoms with van der Waals surface area (Å²) in [6, 6.07) is 16.7. The van der Waals surface area contributed by atoms with Gasteiger partial charge in [-0.2, -0.15) is 0 Å². The standard InChI is InChI=1S/C51H75N7O8S2/c1-33(46(52)61)25-34-26-41(60)57-42(68-32-34)27-50(2,3)44(57)47(62)55-38(35-17-11-9-12-18-35)30-65-22-15-7-8-16-23-66-31-39(36-19-13-10-14-20-36)56-48(63)45-51(4,5)28-43-58(45)49(64)37(21-24-67-43)54-40(59)29-53-6/h9-14,17-20,33-34,37-39,42-45,53H,7-8,15-16,21-32H2,1-6H3,(H2,52,61)(H,54,59)(H,55,62)(H,56,63)/t33-,34?,37-,38+,39+,42-,43-,44+,45?/m0/s1. The second kappa shape index (κ2) is 24.6. The fourth-order valence-electron chi connectivity index (χ4n) is 10.3. The highest BCUT2D eigenvalue weighted by atomic mass is 32.2.